The molecule has 0 aliphatic heterocycles. The molecule has 0 saturated carbocycles. The van der Waals surface area contributed by atoms with Crippen molar-refractivity contribution in [2.24, 2.45) is 0 Å². The van der Waals surface area contributed by atoms with Crippen LogP contribution in [0.2, 0.25) is 5.02 Å². The van der Waals surface area contributed by atoms with E-state index in [4.69, 9.17) is 11.6 Å². The highest BCUT2D eigenvalue weighted by Crippen LogP contribution is 2.25. The molecule has 0 saturated heterocycles. The summed E-state index contributed by atoms with van der Waals surface area (Å²) in [6.45, 7) is 1.77. The van der Waals surface area contributed by atoms with Crippen molar-refractivity contribution in [3.63, 3.8) is 0 Å². The average molecular weight is 430 g/mol. The molecule has 0 aliphatic carbocycles. The van der Waals surface area contributed by atoms with Crippen LogP contribution in [-0.4, -0.2) is 25.9 Å². The predicted molar refractivity (Wildman–Crippen MR) is 113 cm³/mol. The molecule has 1 amide bonds. The molecule has 0 fully saturated rings. The van der Waals surface area contributed by atoms with Crippen molar-refractivity contribution in [3.05, 3.63) is 89.2 Å². The summed E-state index contributed by atoms with van der Waals surface area (Å²) in [6.07, 6.45) is 3.28. The zero-order valence-electron chi connectivity index (χ0n) is 15.7. The number of benzene rings is 2. The maximum Gasteiger partial charge on any atom is 0.264 e. The van der Waals surface area contributed by atoms with Gasteiger partial charge >= 0.3 is 0 Å². The first-order chi connectivity index (χ1) is 13.9. The molecule has 6 nitrogen and oxygen atoms in total. The number of hydrogen-bond acceptors (Lipinski definition) is 4. The number of sulfonamides is 1. The molecule has 3 aromatic rings. The minimum atomic E-state index is -3.94. The molecule has 8 heteroatoms. The fourth-order valence-electron chi connectivity index (χ4n) is 2.65. The van der Waals surface area contributed by atoms with Crippen LogP contribution >= 0.6 is 11.6 Å². The van der Waals surface area contributed by atoms with Gasteiger partial charge in [0.15, 0.2) is 0 Å². The van der Waals surface area contributed by atoms with E-state index in [1.807, 2.05) is 13.0 Å². The van der Waals surface area contributed by atoms with Crippen molar-refractivity contribution in [2.75, 3.05) is 10.8 Å². The van der Waals surface area contributed by atoms with Crippen LogP contribution in [0.1, 0.15) is 11.1 Å². The average Bonchev–Trinajstić information content (AvgIpc) is 2.72. The van der Waals surface area contributed by atoms with Crippen LogP contribution in [0.5, 0.6) is 0 Å². The van der Waals surface area contributed by atoms with Gasteiger partial charge in [-0.2, -0.15) is 0 Å². The van der Waals surface area contributed by atoms with Gasteiger partial charge in [-0.1, -0.05) is 35.4 Å². The smallest absolute Gasteiger partial charge is 0.264 e. The van der Waals surface area contributed by atoms with Crippen LogP contribution in [0, 0.1) is 6.92 Å². The molecule has 0 unspecified atom stereocenters. The number of carbonyl (C=O) groups excluding carboxylic acids is 1. The van der Waals surface area contributed by atoms with Gasteiger partial charge in [0.2, 0.25) is 5.91 Å². The second-order valence-corrected chi connectivity index (χ2v) is 8.74. The number of aryl methyl sites for hydroxylation is 1. The lowest BCUT2D eigenvalue weighted by molar-refractivity contribution is -0.119. The van der Waals surface area contributed by atoms with Crippen LogP contribution in [0.3, 0.4) is 0 Å². The molecule has 0 bridgehead atoms. The highest BCUT2D eigenvalue weighted by atomic mass is 35.5. The minimum Gasteiger partial charge on any atom is -0.350 e. The van der Waals surface area contributed by atoms with Crippen molar-refractivity contribution in [1.29, 1.82) is 0 Å². The molecule has 2 aromatic carbocycles. The van der Waals surface area contributed by atoms with Gasteiger partial charge in [0.25, 0.3) is 10.0 Å². The molecular formula is C21H20ClN3O3S. The summed E-state index contributed by atoms with van der Waals surface area (Å²) in [5.41, 5.74) is 2.11. The van der Waals surface area contributed by atoms with Gasteiger partial charge < -0.3 is 5.32 Å². The molecule has 0 spiro atoms. The molecule has 1 N–H and O–H groups in total. The van der Waals surface area contributed by atoms with Crippen molar-refractivity contribution in [3.8, 4) is 0 Å². The predicted octanol–water partition coefficient (Wildman–Crippen LogP) is 3.56. The molecule has 0 atom stereocenters. The molecule has 29 heavy (non-hydrogen) atoms. The Hall–Kier alpha value is -2.90. The number of pyridine rings is 1. The number of aromatic nitrogens is 1. The molecular weight excluding hydrogens is 410 g/mol. The molecule has 0 aliphatic rings. The Bertz CT molecular complexity index is 1070. The zero-order chi connectivity index (χ0) is 20.9. The van der Waals surface area contributed by atoms with Gasteiger partial charge in [0, 0.05) is 24.0 Å². The quantitative estimate of drug-likeness (QED) is 0.622. The maximum atomic E-state index is 13.2. The van der Waals surface area contributed by atoms with E-state index in [1.54, 1.807) is 54.9 Å². The number of anilines is 1. The Kier molecular flexibility index (Phi) is 6.51. The van der Waals surface area contributed by atoms with E-state index < -0.39 is 15.9 Å². The minimum absolute atomic E-state index is 0.109. The second kappa shape index (κ2) is 9.07. The van der Waals surface area contributed by atoms with Gasteiger partial charge in [0.05, 0.1) is 10.6 Å². The summed E-state index contributed by atoms with van der Waals surface area (Å²) >= 11 is 5.94. The first-order valence-electron chi connectivity index (χ1n) is 8.87. The van der Waals surface area contributed by atoms with Crippen LogP contribution in [-0.2, 0) is 21.4 Å². The summed E-state index contributed by atoms with van der Waals surface area (Å²) in [4.78, 5) is 16.6. The number of amides is 1. The number of carbonyl (C=O) groups is 1. The summed E-state index contributed by atoms with van der Waals surface area (Å²) in [6, 6.07) is 16.4. The van der Waals surface area contributed by atoms with Gasteiger partial charge in [-0.05, 0) is 55.0 Å². The third-order valence-corrected chi connectivity index (χ3v) is 6.26. The highest BCUT2D eigenvalue weighted by Gasteiger charge is 2.27. The fraction of sp³-hybridized carbons (Fsp3) is 0.143. The van der Waals surface area contributed by atoms with Crippen LogP contribution in [0.4, 0.5) is 5.69 Å². The SMILES string of the molecule is Cc1ccc(S(=O)(=O)N(CC(=O)NCc2cccnc2)c2ccc(Cl)cc2)cc1. The number of nitrogens with zero attached hydrogens (tertiary/aromatic N) is 2. The monoisotopic (exact) mass is 429 g/mol. The van der Waals surface area contributed by atoms with E-state index in [1.165, 1.54) is 12.1 Å². The number of halogens is 1. The maximum absolute atomic E-state index is 13.2. The van der Waals surface area contributed by atoms with Gasteiger partial charge in [-0.3, -0.25) is 14.1 Å². The summed E-state index contributed by atoms with van der Waals surface area (Å²) in [5, 5.41) is 3.21. The first-order valence-corrected chi connectivity index (χ1v) is 10.7. The van der Waals surface area contributed by atoms with Crippen molar-refractivity contribution in [1.82, 2.24) is 10.3 Å². The number of rotatable bonds is 7. The lowest BCUT2D eigenvalue weighted by Crippen LogP contribution is -2.40. The van der Waals surface area contributed by atoms with E-state index in [0.29, 0.717) is 10.7 Å². The number of nitrogens with one attached hydrogen (secondary N) is 1. The Balaban J connectivity index is 1.86. The molecule has 1 heterocycles. The van der Waals surface area contributed by atoms with Crippen LogP contribution in [0.15, 0.2) is 78.0 Å². The second-order valence-electron chi connectivity index (χ2n) is 6.44. The summed E-state index contributed by atoms with van der Waals surface area (Å²) in [7, 11) is -3.94. The van der Waals surface area contributed by atoms with Gasteiger partial charge in [-0.25, -0.2) is 8.42 Å². The molecule has 0 radical (unpaired) electrons. The Morgan fingerprint density at radius 3 is 2.38 bits per heavy atom. The van der Waals surface area contributed by atoms with Crippen LogP contribution < -0.4 is 9.62 Å². The topological polar surface area (TPSA) is 79.4 Å². The van der Waals surface area contributed by atoms with E-state index in [0.717, 1.165) is 15.4 Å². The third kappa shape index (κ3) is 5.34. The number of hydrogen-bond donors (Lipinski definition) is 1. The Morgan fingerprint density at radius 2 is 1.76 bits per heavy atom. The van der Waals surface area contributed by atoms with Crippen molar-refractivity contribution in [2.45, 2.75) is 18.4 Å². The lowest BCUT2D eigenvalue weighted by atomic mass is 10.2. The van der Waals surface area contributed by atoms with E-state index in [2.05, 4.69) is 10.3 Å². The molecule has 150 valence electrons. The largest absolute Gasteiger partial charge is 0.350 e. The lowest BCUT2D eigenvalue weighted by Gasteiger charge is -2.24. The van der Waals surface area contributed by atoms with Gasteiger partial charge in [-0.15, -0.1) is 0 Å². The van der Waals surface area contributed by atoms with E-state index >= 15 is 0 Å². The van der Waals surface area contributed by atoms with E-state index in [-0.39, 0.29) is 18.0 Å². The standard InChI is InChI=1S/C21H20ClN3O3S/c1-16-4-10-20(11-5-16)29(27,28)25(19-8-6-18(22)7-9-19)15-21(26)24-14-17-3-2-12-23-13-17/h2-13H,14-15H2,1H3,(H,24,26). The molecule has 1 aromatic heterocycles. The van der Waals surface area contributed by atoms with Gasteiger partial charge in [0.1, 0.15) is 6.54 Å². The van der Waals surface area contributed by atoms with Crippen LogP contribution in [0.25, 0.3) is 0 Å². The summed E-state index contributed by atoms with van der Waals surface area (Å²) in [5.74, 6) is -0.431. The highest BCUT2D eigenvalue weighted by molar-refractivity contribution is 7.92. The molecule has 3 rings (SSSR count). The van der Waals surface area contributed by atoms with E-state index in [9.17, 15) is 13.2 Å². The Labute approximate surface area is 175 Å². The zero-order valence-corrected chi connectivity index (χ0v) is 17.3. The third-order valence-electron chi connectivity index (χ3n) is 4.22. The van der Waals surface area contributed by atoms with Crippen molar-refractivity contribution >= 4 is 33.2 Å². The van der Waals surface area contributed by atoms with Crippen molar-refractivity contribution < 1.29 is 13.2 Å². The first kappa shape index (κ1) is 20.8. The fourth-order valence-corrected chi connectivity index (χ4v) is 4.20. The summed E-state index contributed by atoms with van der Waals surface area (Å²) < 4.78 is 27.6. The normalized spacial score (nSPS) is 11.1. The Morgan fingerprint density at radius 1 is 1.07 bits per heavy atom.